The smallest absolute Gasteiger partial charge is 0.338 e. The molecule has 0 bridgehead atoms. The lowest BCUT2D eigenvalue weighted by Gasteiger charge is -2.27. The van der Waals surface area contributed by atoms with Crippen molar-refractivity contribution in [3.8, 4) is 0 Å². The fraction of sp³-hybridized carbons (Fsp3) is 0.148. The number of hydrogen-bond donors (Lipinski definition) is 1. The number of ether oxygens (including phenoxy) is 1. The normalized spacial score (nSPS) is 17.3. The number of carbonyl (C=O) groups excluding carboxylic acids is 3. The predicted molar refractivity (Wildman–Crippen MR) is 125 cm³/mol. The molecule has 0 aliphatic carbocycles. The fourth-order valence-corrected chi connectivity index (χ4v) is 4.04. The number of esters is 1. The van der Waals surface area contributed by atoms with Gasteiger partial charge in [-0.1, -0.05) is 60.7 Å². The van der Waals surface area contributed by atoms with Crippen LogP contribution in [-0.4, -0.2) is 29.4 Å². The molecule has 1 aliphatic heterocycles. The molecule has 4 rings (SSSR count). The number of aryl methyl sites for hydroxylation is 1. The van der Waals surface area contributed by atoms with E-state index in [-0.39, 0.29) is 23.5 Å². The second-order valence-corrected chi connectivity index (χ2v) is 7.66. The summed E-state index contributed by atoms with van der Waals surface area (Å²) in [6.45, 7) is 3.81. The van der Waals surface area contributed by atoms with E-state index >= 15 is 0 Å². The molecule has 1 fully saturated rings. The number of amides is 1. The Labute approximate surface area is 191 Å². The highest BCUT2D eigenvalue weighted by Gasteiger charge is 2.47. The van der Waals surface area contributed by atoms with Crippen molar-refractivity contribution in [2.24, 2.45) is 0 Å². The molecule has 1 aliphatic rings. The maximum atomic E-state index is 13.3. The van der Waals surface area contributed by atoms with Crippen LogP contribution >= 0.6 is 0 Å². The average molecular weight is 441 g/mol. The maximum Gasteiger partial charge on any atom is 0.338 e. The zero-order chi connectivity index (χ0) is 23.5. The van der Waals surface area contributed by atoms with Crippen LogP contribution in [0.1, 0.15) is 40.0 Å². The van der Waals surface area contributed by atoms with E-state index in [2.05, 4.69) is 0 Å². The van der Waals surface area contributed by atoms with Crippen molar-refractivity contribution in [1.29, 1.82) is 0 Å². The molecule has 6 nitrogen and oxygen atoms in total. The van der Waals surface area contributed by atoms with Gasteiger partial charge in [0.1, 0.15) is 5.76 Å². The molecule has 0 spiro atoms. The monoisotopic (exact) mass is 441 g/mol. The molecule has 0 aromatic heterocycles. The second kappa shape index (κ2) is 9.12. The van der Waals surface area contributed by atoms with Crippen LogP contribution in [0.15, 0.2) is 84.4 Å². The first kappa shape index (κ1) is 22.0. The number of carbonyl (C=O) groups is 3. The van der Waals surface area contributed by atoms with Crippen LogP contribution in [0.4, 0.5) is 5.69 Å². The van der Waals surface area contributed by atoms with E-state index in [9.17, 15) is 19.5 Å². The zero-order valence-electron chi connectivity index (χ0n) is 18.3. The number of rotatable bonds is 5. The molecule has 3 aromatic rings. The number of aliphatic hydroxyl groups excluding tert-OH is 1. The minimum atomic E-state index is -0.858. The van der Waals surface area contributed by atoms with Gasteiger partial charge < -0.3 is 9.84 Å². The van der Waals surface area contributed by atoms with Gasteiger partial charge in [-0.25, -0.2) is 4.79 Å². The summed E-state index contributed by atoms with van der Waals surface area (Å²) < 4.78 is 5.08. The van der Waals surface area contributed by atoms with Crippen LogP contribution in [0.5, 0.6) is 0 Å². The van der Waals surface area contributed by atoms with Crippen molar-refractivity contribution in [2.45, 2.75) is 19.9 Å². The number of hydrogen-bond acceptors (Lipinski definition) is 5. The molecule has 1 saturated heterocycles. The zero-order valence-corrected chi connectivity index (χ0v) is 18.3. The van der Waals surface area contributed by atoms with Gasteiger partial charge >= 0.3 is 5.97 Å². The molecular formula is C27H23NO5. The summed E-state index contributed by atoms with van der Waals surface area (Å²) in [6, 6.07) is 21.6. The van der Waals surface area contributed by atoms with E-state index in [1.54, 1.807) is 55.5 Å². The summed E-state index contributed by atoms with van der Waals surface area (Å²) in [5.74, 6) is -2.33. The van der Waals surface area contributed by atoms with Gasteiger partial charge in [0.15, 0.2) is 0 Å². The number of anilines is 1. The number of nitrogens with zero attached hydrogens (tertiary/aromatic N) is 1. The summed E-state index contributed by atoms with van der Waals surface area (Å²) in [7, 11) is 0. The highest BCUT2D eigenvalue weighted by atomic mass is 16.5. The largest absolute Gasteiger partial charge is 0.507 e. The van der Waals surface area contributed by atoms with E-state index in [1.807, 2.05) is 31.2 Å². The lowest BCUT2D eigenvalue weighted by molar-refractivity contribution is -0.132. The van der Waals surface area contributed by atoms with Crippen LogP contribution in [0.3, 0.4) is 0 Å². The van der Waals surface area contributed by atoms with Gasteiger partial charge in [-0.15, -0.1) is 0 Å². The molecule has 1 N–H and O–H groups in total. The number of aliphatic hydroxyl groups is 1. The van der Waals surface area contributed by atoms with Crippen molar-refractivity contribution in [3.63, 3.8) is 0 Å². The summed E-state index contributed by atoms with van der Waals surface area (Å²) in [5, 5.41) is 11.1. The standard InChI is InChI=1S/C27H23NO5/c1-3-33-27(32)19-13-9-14-20(16-19)28-23(21-15-8-7-10-17(21)2)22(25(30)26(28)31)24(29)18-11-5-4-6-12-18/h4-16,23,29H,3H2,1-2H3/b24-22+. The van der Waals surface area contributed by atoms with Gasteiger partial charge in [0, 0.05) is 11.3 Å². The van der Waals surface area contributed by atoms with E-state index < -0.39 is 23.7 Å². The topological polar surface area (TPSA) is 83.9 Å². The summed E-state index contributed by atoms with van der Waals surface area (Å²) in [6.07, 6.45) is 0. The molecule has 33 heavy (non-hydrogen) atoms. The van der Waals surface area contributed by atoms with Crippen LogP contribution in [0, 0.1) is 6.92 Å². The second-order valence-electron chi connectivity index (χ2n) is 7.66. The van der Waals surface area contributed by atoms with Gasteiger partial charge in [0.05, 0.1) is 23.8 Å². The van der Waals surface area contributed by atoms with E-state index in [4.69, 9.17) is 4.74 Å². The van der Waals surface area contributed by atoms with Crippen molar-refractivity contribution < 1.29 is 24.2 Å². The molecule has 6 heteroatoms. The predicted octanol–water partition coefficient (Wildman–Crippen LogP) is 4.80. The minimum Gasteiger partial charge on any atom is -0.507 e. The molecule has 1 atom stereocenters. The lowest BCUT2D eigenvalue weighted by atomic mass is 9.92. The van der Waals surface area contributed by atoms with Crippen LogP contribution in [0.2, 0.25) is 0 Å². The van der Waals surface area contributed by atoms with Crippen molar-refractivity contribution in [2.75, 3.05) is 11.5 Å². The first-order chi connectivity index (χ1) is 15.9. The Hall–Kier alpha value is -4.19. The highest BCUT2D eigenvalue weighted by molar-refractivity contribution is 6.51. The van der Waals surface area contributed by atoms with Crippen molar-refractivity contribution in [1.82, 2.24) is 0 Å². The quantitative estimate of drug-likeness (QED) is 0.266. The third kappa shape index (κ3) is 4.03. The van der Waals surface area contributed by atoms with Gasteiger partial charge in [-0.3, -0.25) is 14.5 Å². The highest BCUT2D eigenvalue weighted by Crippen LogP contribution is 2.43. The van der Waals surface area contributed by atoms with Gasteiger partial charge in [-0.05, 0) is 43.2 Å². The van der Waals surface area contributed by atoms with E-state index in [0.29, 0.717) is 16.8 Å². The lowest BCUT2D eigenvalue weighted by Crippen LogP contribution is -2.30. The Morgan fingerprint density at radius 3 is 2.30 bits per heavy atom. The van der Waals surface area contributed by atoms with Gasteiger partial charge in [0.25, 0.3) is 11.7 Å². The van der Waals surface area contributed by atoms with Gasteiger partial charge in [-0.2, -0.15) is 0 Å². The number of Topliss-reactive ketones (excluding diaryl/α,β-unsaturated/α-hetero) is 1. The molecular weight excluding hydrogens is 418 g/mol. The molecule has 1 unspecified atom stereocenters. The average Bonchev–Trinajstić information content (AvgIpc) is 3.10. The van der Waals surface area contributed by atoms with E-state index in [0.717, 1.165) is 5.56 Å². The Morgan fingerprint density at radius 2 is 1.61 bits per heavy atom. The molecule has 166 valence electrons. The SMILES string of the molecule is CCOC(=O)c1cccc(N2C(=O)C(=O)/C(=C(/O)c3ccccc3)C2c2ccccc2C)c1. The van der Waals surface area contributed by atoms with Gasteiger partial charge in [0.2, 0.25) is 0 Å². The van der Waals surface area contributed by atoms with Crippen molar-refractivity contribution in [3.05, 3.63) is 107 Å². The summed E-state index contributed by atoms with van der Waals surface area (Å²) in [4.78, 5) is 40.1. The molecule has 0 radical (unpaired) electrons. The third-order valence-electron chi connectivity index (χ3n) is 5.61. The summed E-state index contributed by atoms with van der Waals surface area (Å²) >= 11 is 0. The Bertz CT molecular complexity index is 1260. The minimum absolute atomic E-state index is 0.00189. The molecule has 1 heterocycles. The third-order valence-corrected chi connectivity index (χ3v) is 5.61. The number of benzene rings is 3. The Kier molecular flexibility index (Phi) is 6.09. The first-order valence-corrected chi connectivity index (χ1v) is 10.6. The van der Waals surface area contributed by atoms with Crippen molar-refractivity contribution >= 4 is 29.1 Å². The summed E-state index contributed by atoms with van der Waals surface area (Å²) in [5.41, 5.74) is 2.63. The fourth-order valence-electron chi connectivity index (χ4n) is 4.04. The van der Waals surface area contributed by atoms with Crippen LogP contribution < -0.4 is 4.90 Å². The molecule has 1 amide bonds. The molecule has 0 saturated carbocycles. The molecule has 3 aromatic carbocycles. The maximum absolute atomic E-state index is 13.3. The Balaban J connectivity index is 1.93. The first-order valence-electron chi connectivity index (χ1n) is 10.6. The van der Waals surface area contributed by atoms with Crippen LogP contribution in [-0.2, 0) is 14.3 Å². The van der Waals surface area contributed by atoms with Crippen LogP contribution in [0.25, 0.3) is 5.76 Å². The Morgan fingerprint density at radius 1 is 0.939 bits per heavy atom. The number of ketones is 1. The van der Waals surface area contributed by atoms with E-state index in [1.165, 1.54) is 11.0 Å².